The molecule has 0 aliphatic rings. The Morgan fingerprint density at radius 1 is 1.17 bits per heavy atom. The summed E-state index contributed by atoms with van der Waals surface area (Å²) in [4.78, 5) is 0. The molecule has 0 saturated heterocycles. The fourth-order valence-corrected chi connectivity index (χ4v) is 2.03. The third-order valence-corrected chi connectivity index (χ3v) is 3.40. The number of hydrogen-bond donors (Lipinski definition) is 1. The Balaban J connectivity index is 1.96. The molecule has 2 aromatic rings. The van der Waals surface area contributed by atoms with Crippen molar-refractivity contribution in [2.45, 2.75) is 19.5 Å². The highest BCUT2D eigenvalue weighted by Crippen LogP contribution is 2.15. The van der Waals surface area contributed by atoms with Crippen LogP contribution in [0.15, 0.2) is 53.0 Å². The molecule has 0 unspecified atom stereocenters. The molecule has 3 heteroatoms. The van der Waals surface area contributed by atoms with Gasteiger partial charge in [-0.25, -0.2) is 4.39 Å². The van der Waals surface area contributed by atoms with E-state index in [2.05, 4.69) is 33.4 Å². The molecule has 2 aromatic carbocycles. The van der Waals surface area contributed by atoms with Crippen LogP contribution in [0.25, 0.3) is 0 Å². The molecule has 0 fully saturated rings. The fourth-order valence-electron chi connectivity index (χ4n) is 1.77. The van der Waals surface area contributed by atoms with Gasteiger partial charge in [0.15, 0.2) is 0 Å². The smallest absolute Gasteiger partial charge is 0.123 e. The molecule has 0 aliphatic carbocycles. The summed E-state index contributed by atoms with van der Waals surface area (Å²) in [6, 6.07) is 15.0. The molecule has 0 saturated carbocycles. The van der Waals surface area contributed by atoms with Crippen LogP contribution in [0.1, 0.15) is 24.1 Å². The number of benzene rings is 2. The first-order valence-corrected chi connectivity index (χ1v) is 6.68. The lowest BCUT2D eigenvalue weighted by Gasteiger charge is -2.14. The summed E-state index contributed by atoms with van der Waals surface area (Å²) in [6.07, 6.45) is 0. The quantitative estimate of drug-likeness (QED) is 0.880. The van der Waals surface area contributed by atoms with Crippen molar-refractivity contribution in [3.63, 3.8) is 0 Å². The number of rotatable bonds is 4. The van der Waals surface area contributed by atoms with E-state index in [9.17, 15) is 4.39 Å². The normalized spacial score (nSPS) is 12.4. The molecule has 0 amide bonds. The predicted molar refractivity (Wildman–Crippen MR) is 75.8 cm³/mol. The molecule has 1 atom stereocenters. The standard InChI is InChI=1S/C15H15BrFN/c1-11(13-3-2-4-15(17)9-13)18-10-12-5-7-14(16)8-6-12/h2-9,11,18H,10H2,1H3/t11-/m1/s1. The van der Waals surface area contributed by atoms with Crippen LogP contribution >= 0.6 is 15.9 Å². The maximum Gasteiger partial charge on any atom is 0.123 e. The third kappa shape index (κ3) is 3.65. The van der Waals surface area contributed by atoms with Gasteiger partial charge in [-0.1, -0.05) is 40.2 Å². The lowest BCUT2D eigenvalue weighted by molar-refractivity contribution is 0.565. The molecular formula is C15H15BrFN. The van der Waals surface area contributed by atoms with Gasteiger partial charge in [0.25, 0.3) is 0 Å². The SMILES string of the molecule is C[C@@H](NCc1ccc(Br)cc1)c1cccc(F)c1. The fraction of sp³-hybridized carbons (Fsp3) is 0.200. The van der Waals surface area contributed by atoms with Gasteiger partial charge in [-0.15, -0.1) is 0 Å². The Labute approximate surface area is 115 Å². The molecule has 0 spiro atoms. The van der Waals surface area contributed by atoms with E-state index >= 15 is 0 Å². The second-order valence-corrected chi connectivity index (χ2v) is 5.20. The van der Waals surface area contributed by atoms with Gasteiger partial charge in [-0.2, -0.15) is 0 Å². The number of hydrogen-bond acceptors (Lipinski definition) is 1. The molecule has 1 N–H and O–H groups in total. The molecule has 1 nitrogen and oxygen atoms in total. The Morgan fingerprint density at radius 3 is 2.56 bits per heavy atom. The van der Waals surface area contributed by atoms with Crippen molar-refractivity contribution in [1.29, 1.82) is 0 Å². The van der Waals surface area contributed by atoms with E-state index in [0.29, 0.717) is 0 Å². The summed E-state index contributed by atoms with van der Waals surface area (Å²) < 4.78 is 14.2. The minimum Gasteiger partial charge on any atom is -0.306 e. The van der Waals surface area contributed by atoms with Gasteiger partial charge in [0, 0.05) is 17.1 Å². The zero-order valence-electron chi connectivity index (χ0n) is 10.2. The topological polar surface area (TPSA) is 12.0 Å². The average Bonchev–Trinajstić information content (AvgIpc) is 2.38. The van der Waals surface area contributed by atoms with Gasteiger partial charge >= 0.3 is 0 Å². The van der Waals surface area contributed by atoms with Crippen molar-refractivity contribution in [3.8, 4) is 0 Å². The van der Waals surface area contributed by atoms with Crippen molar-refractivity contribution < 1.29 is 4.39 Å². The van der Waals surface area contributed by atoms with Crippen molar-refractivity contribution in [2.24, 2.45) is 0 Å². The summed E-state index contributed by atoms with van der Waals surface area (Å²) >= 11 is 3.41. The van der Waals surface area contributed by atoms with E-state index in [1.54, 1.807) is 12.1 Å². The van der Waals surface area contributed by atoms with E-state index < -0.39 is 0 Å². The van der Waals surface area contributed by atoms with Crippen LogP contribution in [0, 0.1) is 5.82 Å². The van der Waals surface area contributed by atoms with E-state index in [1.807, 2.05) is 25.1 Å². The minimum absolute atomic E-state index is 0.129. The van der Waals surface area contributed by atoms with Crippen LogP contribution < -0.4 is 5.32 Å². The van der Waals surface area contributed by atoms with Gasteiger partial charge in [0.05, 0.1) is 0 Å². The Morgan fingerprint density at radius 2 is 1.89 bits per heavy atom. The van der Waals surface area contributed by atoms with Crippen molar-refractivity contribution in [3.05, 3.63) is 69.9 Å². The first-order valence-electron chi connectivity index (χ1n) is 5.88. The van der Waals surface area contributed by atoms with Gasteiger partial charge in [-0.3, -0.25) is 0 Å². The molecular weight excluding hydrogens is 293 g/mol. The zero-order chi connectivity index (χ0) is 13.0. The highest BCUT2D eigenvalue weighted by molar-refractivity contribution is 9.10. The van der Waals surface area contributed by atoms with E-state index in [-0.39, 0.29) is 11.9 Å². The van der Waals surface area contributed by atoms with Crippen molar-refractivity contribution in [2.75, 3.05) is 0 Å². The van der Waals surface area contributed by atoms with Gasteiger partial charge < -0.3 is 5.32 Å². The predicted octanol–water partition coefficient (Wildman–Crippen LogP) is 4.44. The van der Waals surface area contributed by atoms with Crippen LogP contribution in [0.4, 0.5) is 4.39 Å². The summed E-state index contributed by atoms with van der Waals surface area (Å²) in [6.45, 7) is 2.80. The van der Waals surface area contributed by atoms with Crippen molar-refractivity contribution >= 4 is 15.9 Å². The largest absolute Gasteiger partial charge is 0.306 e. The molecule has 94 valence electrons. The minimum atomic E-state index is -0.190. The Kier molecular flexibility index (Phi) is 4.50. The van der Waals surface area contributed by atoms with E-state index in [1.165, 1.54) is 11.6 Å². The van der Waals surface area contributed by atoms with Crippen LogP contribution in [0.2, 0.25) is 0 Å². The molecule has 0 bridgehead atoms. The first kappa shape index (κ1) is 13.2. The number of nitrogens with one attached hydrogen (secondary N) is 1. The molecule has 0 radical (unpaired) electrons. The van der Waals surface area contributed by atoms with E-state index in [4.69, 9.17) is 0 Å². The van der Waals surface area contributed by atoms with Crippen LogP contribution in [-0.2, 0) is 6.54 Å². The van der Waals surface area contributed by atoms with Crippen molar-refractivity contribution in [1.82, 2.24) is 5.32 Å². The lowest BCUT2D eigenvalue weighted by atomic mass is 10.1. The van der Waals surface area contributed by atoms with Gasteiger partial charge in [0.1, 0.15) is 5.82 Å². The average molecular weight is 308 g/mol. The van der Waals surface area contributed by atoms with E-state index in [0.717, 1.165) is 16.6 Å². The number of halogens is 2. The second-order valence-electron chi connectivity index (χ2n) is 4.28. The molecule has 18 heavy (non-hydrogen) atoms. The van der Waals surface area contributed by atoms with Crippen LogP contribution in [-0.4, -0.2) is 0 Å². The van der Waals surface area contributed by atoms with Crippen LogP contribution in [0.3, 0.4) is 0 Å². The Bertz CT molecular complexity index is 510. The summed E-state index contributed by atoms with van der Waals surface area (Å²) in [5.74, 6) is -0.190. The van der Waals surface area contributed by atoms with Gasteiger partial charge in [-0.05, 0) is 42.3 Å². The Hall–Kier alpha value is -1.19. The highest BCUT2D eigenvalue weighted by Gasteiger charge is 2.05. The first-order chi connectivity index (χ1) is 8.65. The third-order valence-electron chi connectivity index (χ3n) is 2.87. The zero-order valence-corrected chi connectivity index (χ0v) is 11.7. The highest BCUT2D eigenvalue weighted by atomic mass is 79.9. The van der Waals surface area contributed by atoms with Gasteiger partial charge in [0.2, 0.25) is 0 Å². The molecule has 0 heterocycles. The van der Waals surface area contributed by atoms with Crippen LogP contribution in [0.5, 0.6) is 0 Å². The molecule has 2 rings (SSSR count). The molecule has 0 aromatic heterocycles. The maximum absolute atomic E-state index is 13.1. The lowest BCUT2D eigenvalue weighted by Crippen LogP contribution is -2.18. The summed E-state index contributed by atoms with van der Waals surface area (Å²) in [5, 5.41) is 3.38. The summed E-state index contributed by atoms with van der Waals surface area (Å²) in [5.41, 5.74) is 2.17. The maximum atomic E-state index is 13.1. The molecule has 0 aliphatic heterocycles. The second kappa shape index (κ2) is 6.12. The monoisotopic (exact) mass is 307 g/mol. The summed E-state index contributed by atoms with van der Waals surface area (Å²) in [7, 11) is 0.